The van der Waals surface area contributed by atoms with E-state index in [0.29, 0.717) is 43.8 Å². The number of carbonyl (C=O) groups is 1. The number of hydrogen-bond acceptors (Lipinski definition) is 3. The van der Waals surface area contributed by atoms with Crippen LogP contribution in [0.5, 0.6) is 0 Å². The third-order valence-corrected chi connectivity index (χ3v) is 6.75. The summed E-state index contributed by atoms with van der Waals surface area (Å²) < 4.78 is 91.6. The lowest BCUT2D eigenvalue weighted by Crippen LogP contribution is -2.46. The predicted molar refractivity (Wildman–Crippen MR) is 127 cm³/mol. The number of piperidine rings is 1. The lowest BCUT2D eigenvalue weighted by molar-refractivity contribution is -0.143. The number of ether oxygens (including phenoxy) is 1. The summed E-state index contributed by atoms with van der Waals surface area (Å²) in [5, 5.41) is 0. The van der Waals surface area contributed by atoms with Crippen LogP contribution in [-0.4, -0.2) is 30.0 Å². The lowest BCUT2D eigenvalue weighted by atomic mass is 9.87. The van der Waals surface area contributed by atoms with Crippen molar-refractivity contribution in [3.63, 3.8) is 0 Å². The van der Waals surface area contributed by atoms with Gasteiger partial charge in [0, 0.05) is 31.8 Å². The molecule has 0 radical (unpaired) electrons. The molecule has 0 spiro atoms. The molecule has 0 saturated carbocycles. The Morgan fingerprint density at radius 2 is 1.66 bits per heavy atom. The summed E-state index contributed by atoms with van der Waals surface area (Å²) in [5.74, 6) is 0.318. The van der Waals surface area contributed by atoms with Gasteiger partial charge in [-0.25, -0.2) is 0 Å². The third-order valence-electron chi connectivity index (χ3n) is 6.75. The van der Waals surface area contributed by atoms with Crippen molar-refractivity contribution in [3.05, 3.63) is 94.9 Å². The van der Waals surface area contributed by atoms with Crippen LogP contribution in [-0.2, 0) is 28.3 Å². The van der Waals surface area contributed by atoms with Gasteiger partial charge in [-0.15, -0.1) is 0 Å². The molecule has 0 bridgehead atoms. The fraction of sp³-hybridized carbons (Fsp3) is 0.393. The van der Waals surface area contributed by atoms with Gasteiger partial charge in [0.05, 0.1) is 29.6 Å². The third kappa shape index (κ3) is 6.78. The van der Waals surface area contributed by atoms with Gasteiger partial charge in [0.25, 0.3) is 0 Å². The number of benzene rings is 2. The molecule has 1 saturated heterocycles. The molecule has 1 aliphatic rings. The quantitative estimate of drug-likeness (QED) is 0.294. The zero-order chi connectivity index (χ0) is 27.5. The van der Waals surface area contributed by atoms with Crippen LogP contribution < -0.4 is 0 Å². The summed E-state index contributed by atoms with van der Waals surface area (Å²) in [7, 11) is 0. The first-order valence-electron chi connectivity index (χ1n) is 12.2. The van der Waals surface area contributed by atoms with E-state index in [1.54, 1.807) is 17.0 Å². The highest BCUT2D eigenvalue weighted by atomic mass is 19.4. The van der Waals surface area contributed by atoms with E-state index in [4.69, 9.17) is 9.15 Å². The maximum Gasteiger partial charge on any atom is 0.416 e. The zero-order valence-electron chi connectivity index (χ0n) is 20.6. The Hall–Kier alpha value is -3.27. The number of rotatable bonds is 7. The van der Waals surface area contributed by atoms with Crippen molar-refractivity contribution in [2.75, 3.05) is 13.1 Å². The van der Waals surface area contributed by atoms with Gasteiger partial charge in [0.1, 0.15) is 5.76 Å². The maximum absolute atomic E-state index is 13.4. The summed E-state index contributed by atoms with van der Waals surface area (Å²) >= 11 is 0. The highest BCUT2D eigenvalue weighted by Crippen LogP contribution is 2.39. The van der Waals surface area contributed by atoms with Gasteiger partial charge in [0.2, 0.25) is 5.91 Å². The van der Waals surface area contributed by atoms with Crippen molar-refractivity contribution in [3.8, 4) is 0 Å². The van der Waals surface area contributed by atoms with E-state index in [1.807, 2.05) is 30.3 Å². The number of amides is 1. The molecule has 4 rings (SSSR count). The fourth-order valence-corrected chi connectivity index (χ4v) is 4.74. The largest absolute Gasteiger partial charge is 0.469 e. The van der Waals surface area contributed by atoms with E-state index in [-0.39, 0.29) is 29.9 Å². The van der Waals surface area contributed by atoms with Gasteiger partial charge in [-0.1, -0.05) is 30.3 Å². The molecule has 1 aliphatic heterocycles. The second-order valence-corrected chi connectivity index (χ2v) is 9.38. The van der Waals surface area contributed by atoms with Gasteiger partial charge in [-0.05, 0) is 54.8 Å². The highest BCUT2D eigenvalue weighted by Gasteiger charge is 2.38. The molecule has 0 N–H and O–H groups in total. The van der Waals surface area contributed by atoms with E-state index < -0.39 is 35.7 Å². The molecular weight excluding hydrogens is 512 g/mol. The second-order valence-electron chi connectivity index (χ2n) is 9.38. The van der Waals surface area contributed by atoms with Crippen LogP contribution in [0.25, 0.3) is 0 Å². The monoisotopic (exact) mass is 539 g/mol. The van der Waals surface area contributed by atoms with Gasteiger partial charge < -0.3 is 14.1 Å². The van der Waals surface area contributed by atoms with Crippen LogP contribution in [0.3, 0.4) is 0 Å². The Balaban J connectivity index is 1.54. The zero-order valence-corrected chi connectivity index (χ0v) is 20.6. The number of alkyl halides is 6. The van der Waals surface area contributed by atoms with Crippen molar-refractivity contribution >= 4 is 5.91 Å². The first-order chi connectivity index (χ1) is 17.9. The van der Waals surface area contributed by atoms with Gasteiger partial charge in [-0.2, -0.15) is 26.3 Å². The Kier molecular flexibility index (Phi) is 8.20. The summed E-state index contributed by atoms with van der Waals surface area (Å²) in [4.78, 5) is 14.6. The molecule has 1 amide bonds. The number of halogens is 6. The molecule has 4 nitrogen and oxygen atoms in total. The molecule has 3 aromatic rings. The van der Waals surface area contributed by atoms with E-state index in [9.17, 15) is 31.1 Å². The summed E-state index contributed by atoms with van der Waals surface area (Å²) in [6, 6.07) is 14.3. The number of nitrogens with zero attached hydrogens (tertiary/aromatic N) is 1. The molecule has 2 heterocycles. The van der Waals surface area contributed by atoms with Crippen LogP contribution in [0, 0.1) is 0 Å². The molecule has 0 unspecified atom stereocenters. The first kappa shape index (κ1) is 27.8. The van der Waals surface area contributed by atoms with Crippen molar-refractivity contribution in [1.29, 1.82) is 0 Å². The van der Waals surface area contributed by atoms with E-state index >= 15 is 0 Å². The molecule has 10 heteroatoms. The van der Waals surface area contributed by atoms with Crippen LogP contribution in [0.15, 0.2) is 71.3 Å². The molecule has 38 heavy (non-hydrogen) atoms. The number of furan rings is 1. The Morgan fingerprint density at radius 3 is 2.24 bits per heavy atom. The van der Waals surface area contributed by atoms with Gasteiger partial charge in [-0.3, -0.25) is 4.79 Å². The minimum absolute atomic E-state index is 0.0680. The number of likely N-dealkylation sites (tertiary alicyclic amines) is 1. The molecule has 1 fully saturated rings. The average molecular weight is 540 g/mol. The van der Waals surface area contributed by atoms with Crippen molar-refractivity contribution in [1.82, 2.24) is 4.90 Å². The van der Waals surface area contributed by atoms with Crippen LogP contribution in [0.1, 0.15) is 59.8 Å². The van der Waals surface area contributed by atoms with Gasteiger partial charge >= 0.3 is 12.4 Å². The number of aryl methyl sites for hydroxylation is 1. The minimum Gasteiger partial charge on any atom is -0.469 e. The van der Waals surface area contributed by atoms with Crippen molar-refractivity contribution in [2.24, 2.45) is 0 Å². The molecule has 3 atom stereocenters. The van der Waals surface area contributed by atoms with Crippen LogP contribution in [0.2, 0.25) is 0 Å². The maximum atomic E-state index is 13.4. The van der Waals surface area contributed by atoms with Crippen molar-refractivity contribution in [2.45, 2.75) is 56.7 Å². The number of hydrogen-bond donors (Lipinski definition) is 0. The fourth-order valence-electron chi connectivity index (χ4n) is 4.74. The molecule has 0 aliphatic carbocycles. The molecule has 1 aromatic heterocycles. The van der Waals surface area contributed by atoms with E-state index in [1.165, 1.54) is 13.2 Å². The highest BCUT2D eigenvalue weighted by molar-refractivity contribution is 5.76. The lowest BCUT2D eigenvalue weighted by Gasteiger charge is -2.40. The summed E-state index contributed by atoms with van der Waals surface area (Å²) in [6.07, 6.45) is -8.83. The Morgan fingerprint density at radius 1 is 1.00 bits per heavy atom. The number of carbonyl (C=O) groups excluding carboxylic acids is 1. The smallest absolute Gasteiger partial charge is 0.416 e. The second kappa shape index (κ2) is 11.2. The van der Waals surface area contributed by atoms with E-state index in [2.05, 4.69) is 0 Å². The first-order valence-corrected chi connectivity index (χ1v) is 12.2. The van der Waals surface area contributed by atoms with Crippen molar-refractivity contribution < 1.29 is 40.3 Å². The Bertz CT molecular complexity index is 1180. The minimum atomic E-state index is -4.94. The molecule has 2 aromatic carbocycles. The predicted octanol–water partition coefficient (Wildman–Crippen LogP) is 7.41. The van der Waals surface area contributed by atoms with Crippen LogP contribution >= 0.6 is 0 Å². The average Bonchev–Trinajstić information content (AvgIpc) is 3.40. The van der Waals surface area contributed by atoms with Crippen LogP contribution in [0.4, 0.5) is 26.3 Å². The molecular formula is C28H27F6NO3. The standard InChI is InChI=1S/C28H27F6NO3/c1-18(20-14-21(27(29,30)31)16-22(15-20)28(32,33)34)38-25-11-12-35(17-24(25)19-6-3-2-4-7-19)26(36)10-9-23-8-5-13-37-23/h2-8,13-16,18,24-25H,9-12,17H2,1H3/t18-,24+,25+/m1/s1. The normalized spacial score (nSPS) is 19.4. The van der Waals surface area contributed by atoms with E-state index in [0.717, 1.165) is 5.56 Å². The Labute approximate surface area is 216 Å². The SMILES string of the molecule is C[C@@H](O[C@H]1CCN(C(=O)CCc2ccco2)C[C@H]1c1ccccc1)c1cc(C(F)(F)F)cc(C(F)(F)F)c1. The topological polar surface area (TPSA) is 42.7 Å². The summed E-state index contributed by atoms with van der Waals surface area (Å²) in [6.45, 7) is 2.11. The molecule has 204 valence electrons. The van der Waals surface area contributed by atoms with Gasteiger partial charge in [0.15, 0.2) is 0 Å². The summed E-state index contributed by atoms with van der Waals surface area (Å²) in [5.41, 5.74) is -2.10.